The number of amides is 1. The average molecular weight is 277 g/mol. The highest BCUT2D eigenvalue weighted by molar-refractivity contribution is 5.83. The SMILES string of the molecule is C[NH+]1CCN(C(=O)C23CC4C[C@@H](CC[C@@H](C4)C2)C3)CC1. The Morgan fingerprint density at radius 1 is 1.00 bits per heavy atom. The van der Waals surface area contributed by atoms with Crippen LogP contribution in [0.3, 0.4) is 0 Å². The summed E-state index contributed by atoms with van der Waals surface area (Å²) in [4.78, 5) is 17.0. The Morgan fingerprint density at radius 2 is 1.55 bits per heavy atom. The molecule has 1 amide bonds. The smallest absolute Gasteiger partial charge is 0.229 e. The number of piperazine rings is 1. The Labute approximate surface area is 122 Å². The molecule has 0 aromatic heterocycles. The Hall–Kier alpha value is -0.570. The molecule has 1 saturated heterocycles. The molecule has 1 heterocycles. The van der Waals surface area contributed by atoms with Gasteiger partial charge in [0.15, 0.2) is 0 Å². The zero-order chi connectivity index (χ0) is 13.7. The summed E-state index contributed by atoms with van der Waals surface area (Å²) in [6, 6.07) is 0. The number of nitrogens with zero attached hydrogens (tertiary/aromatic N) is 1. The third kappa shape index (κ3) is 2.09. The fourth-order valence-electron chi connectivity index (χ4n) is 5.88. The van der Waals surface area contributed by atoms with Gasteiger partial charge >= 0.3 is 0 Å². The molecule has 1 aliphatic heterocycles. The van der Waals surface area contributed by atoms with Gasteiger partial charge in [-0.1, -0.05) is 12.8 Å². The number of hydrogen-bond donors (Lipinski definition) is 1. The summed E-state index contributed by atoms with van der Waals surface area (Å²) < 4.78 is 0. The number of carbonyl (C=O) groups is 1. The van der Waals surface area contributed by atoms with Gasteiger partial charge in [-0.3, -0.25) is 4.79 Å². The lowest BCUT2D eigenvalue weighted by Crippen LogP contribution is -3.12. The molecule has 5 fully saturated rings. The highest BCUT2D eigenvalue weighted by atomic mass is 16.2. The molecule has 0 aromatic rings. The van der Waals surface area contributed by atoms with Gasteiger partial charge in [-0.25, -0.2) is 0 Å². The number of likely N-dealkylation sites (N-methyl/N-ethyl adjacent to an activating group) is 1. The number of carbonyl (C=O) groups excluding carboxylic acids is 1. The monoisotopic (exact) mass is 277 g/mol. The van der Waals surface area contributed by atoms with E-state index in [0.29, 0.717) is 5.91 Å². The Morgan fingerprint density at radius 3 is 2.15 bits per heavy atom. The Balaban J connectivity index is 1.56. The number of hydrogen-bond acceptors (Lipinski definition) is 1. The lowest BCUT2D eigenvalue weighted by Gasteiger charge is -2.49. The molecular formula is C17H29N2O+. The van der Waals surface area contributed by atoms with Gasteiger partial charge in [0.05, 0.1) is 38.6 Å². The molecule has 20 heavy (non-hydrogen) atoms. The van der Waals surface area contributed by atoms with Crippen molar-refractivity contribution < 1.29 is 9.69 Å². The number of fused-ring (bicyclic) bond motifs is 1. The first-order chi connectivity index (χ1) is 9.64. The van der Waals surface area contributed by atoms with Crippen LogP contribution in [0.1, 0.15) is 44.9 Å². The van der Waals surface area contributed by atoms with E-state index in [0.717, 1.165) is 43.9 Å². The summed E-state index contributed by atoms with van der Waals surface area (Å²) >= 11 is 0. The minimum atomic E-state index is 0.0677. The molecule has 3 nitrogen and oxygen atoms in total. The molecule has 0 aromatic carbocycles. The predicted octanol–water partition coefficient (Wildman–Crippen LogP) is 0.950. The fourth-order valence-corrected chi connectivity index (χ4v) is 5.88. The minimum absolute atomic E-state index is 0.0677. The number of nitrogens with one attached hydrogen (secondary N) is 1. The van der Waals surface area contributed by atoms with Crippen LogP contribution in [-0.2, 0) is 4.79 Å². The van der Waals surface area contributed by atoms with E-state index in [1.54, 1.807) is 4.90 Å². The molecule has 0 radical (unpaired) electrons. The highest BCUT2D eigenvalue weighted by Gasteiger charge is 2.53. The molecule has 4 atom stereocenters. The molecule has 0 spiro atoms. The van der Waals surface area contributed by atoms with Gasteiger partial charge in [-0.05, 0) is 49.9 Å². The summed E-state index contributed by atoms with van der Waals surface area (Å²) in [6.45, 7) is 4.26. The lowest BCUT2D eigenvalue weighted by molar-refractivity contribution is -0.883. The van der Waals surface area contributed by atoms with Crippen molar-refractivity contribution in [1.82, 2.24) is 4.90 Å². The van der Waals surface area contributed by atoms with Crippen molar-refractivity contribution in [2.75, 3.05) is 33.2 Å². The zero-order valence-electron chi connectivity index (χ0n) is 12.9. The third-order valence-electron chi connectivity index (χ3n) is 6.71. The zero-order valence-corrected chi connectivity index (χ0v) is 12.9. The summed E-state index contributed by atoms with van der Waals surface area (Å²) in [5, 5.41) is 0. The fraction of sp³-hybridized carbons (Fsp3) is 0.941. The molecule has 4 saturated carbocycles. The van der Waals surface area contributed by atoms with E-state index in [9.17, 15) is 4.79 Å². The van der Waals surface area contributed by atoms with Crippen molar-refractivity contribution >= 4 is 5.91 Å². The van der Waals surface area contributed by atoms with Gasteiger partial charge in [0.1, 0.15) is 0 Å². The van der Waals surface area contributed by atoms with Gasteiger partial charge in [0.25, 0.3) is 0 Å². The second-order valence-electron chi connectivity index (χ2n) is 8.29. The molecular weight excluding hydrogens is 248 g/mol. The first-order valence-corrected chi connectivity index (χ1v) is 8.75. The largest absolute Gasteiger partial charge is 0.334 e. The van der Waals surface area contributed by atoms with Crippen LogP contribution in [0.5, 0.6) is 0 Å². The number of quaternary nitrogens is 1. The molecule has 4 aliphatic carbocycles. The maximum Gasteiger partial charge on any atom is 0.229 e. The molecule has 2 unspecified atom stereocenters. The van der Waals surface area contributed by atoms with Gasteiger partial charge in [0.2, 0.25) is 5.91 Å². The maximum atomic E-state index is 13.2. The topological polar surface area (TPSA) is 24.8 Å². The van der Waals surface area contributed by atoms with E-state index in [1.165, 1.54) is 44.9 Å². The highest BCUT2D eigenvalue weighted by Crippen LogP contribution is 2.58. The van der Waals surface area contributed by atoms with Crippen LogP contribution < -0.4 is 4.90 Å². The second kappa shape index (κ2) is 4.72. The summed E-state index contributed by atoms with van der Waals surface area (Å²) in [7, 11) is 2.25. The first kappa shape index (κ1) is 13.1. The lowest BCUT2D eigenvalue weighted by atomic mass is 9.58. The van der Waals surface area contributed by atoms with E-state index >= 15 is 0 Å². The quantitative estimate of drug-likeness (QED) is 0.758. The summed E-state index contributed by atoms with van der Waals surface area (Å²) in [6.07, 6.45) is 9.33. The average Bonchev–Trinajstić information content (AvgIpc) is 2.65. The van der Waals surface area contributed by atoms with Crippen molar-refractivity contribution in [1.29, 1.82) is 0 Å². The third-order valence-corrected chi connectivity index (χ3v) is 6.71. The van der Waals surface area contributed by atoms with E-state index in [1.807, 2.05) is 0 Å². The van der Waals surface area contributed by atoms with Crippen molar-refractivity contribution in [3.63, 3.8) is 0 Å². The van der Waals surface area contributed by atoms with Gasteiger partial charge in [0, 0.05) is 0 Å². The minimum Gasteiger partial charge on any atom is -0.334 e. The van der Waals surface area contributed by atoms with E-state index in [-0.39, 0.29) is 5.41 Å². The molecule has 5 rings (SSSR count). The normalized spacial score (nSPS) is 44.6. The summed E-state index contributed by atoms with van der Waals surface area (Å²) in [5.74, 6) is 3.15. The van der Waals surface area contributed by atoms with Crippen LogP contribution >= 0.6 is 0 Å². The maximum absolute atomic E-state index is 13.2. The molecule has 1 N–H and O–H groups in total. The Kier molecular flexibility index (Phi) is 3.10. The van der Waals surface area contributed by atoms with Crippen molar-refractivity contribution in [2.24, 2.45) is 23.2 Å². The number of rotatable bonds is 1. The first-order valence-electron chi connectivity index (χ1n) is 8.75. The van der Waals surface area contributed by atoms with Crippen LogP contribution in [-0.4, -0.2) is 44.0 Å². The Bertz CT molecular complexity index is 384. The van der Waals surface area contributed by atoms with Gasteiger partial charge < -0.3 is 9.80 Å². The van der Waals surface area contributed by atoms with Crippen LogP contribution in [0.25, 0.3) is 0 Å². The second-order valence-corrected chi connectivity index (χ2v) is 8.29. The van der Waals surface area contributed by atoms with Crippen LogP contribution in [0.4, 0.5) is 0 Å². The van der Waals surface area contributed by atoms with E-state index in [2.05, 4.69) is 11.9 Å². The standard InChI is InChI=1S/C17H28N2O/c1-18-4-6-19(7-5-18)16(20)17-10-13-2-3-14(11-17)9-15(8-13)12-17/h13-15H,2-12H2,1H3/p+1/t13-,14+,15?,17?. The van der Waals surface area contributed by atoms with Crippen molar-refractivity contribution in [3.05, 3.63) is 0 Å². The predicted molar refractivity (Wildman–Crippen MR) is 78.4 cm³/mol. The molecule has 4 bridgehead atoms. The van der Waals surface area contributed by atoms with Gasteiger partial charge in [-0.2, -0.15) is 0 Å². The van der Waals surface area contributed by atoms with Crippen LogP contribution in [0.15, 0.2) is 0 Å². The van der Waals surface area contributed by atoms with Crippen LogP contribution in [0, 0.1) is 23.2 Å². The molecule has 5 aliphatic rings. The van der Waals surface area contributed by atoms with Crippen molar-refractivity contribution in [2.45, 2.75) is 44.9 Å². The van der Waals surface area contributed by atoms with Crippen LogP contribution in [0.2, 0.25) is 0 Å². The van der Waals surface area contributed by atoms with E-state index < -0.39 is 0 Å². The van der Waals surface area contributed by atoms with Crippen molar-refractivity contribution in [3.8, 4) is 0 Å². The van der Waals surface area contributed by atoms with E-state index in [4.69, 9.17) is 0 Å². The molecule has 112 valence electrons. The molecule has 3 heteroatoms. The van der Waals surface area contributed by atoms with Gasteiger partial charge in [-0.15, -0.1) is 0 Å². The summed E-state index contributed by atoms with van der Waals surface area (Å²) in [5.41, 5.74) is 0.0677.